The summed E-state index contributed by atoms with van der Waals surface area (Å²) < 4.78 is 0. The molecular weight excluding hydrogens is 250 g/mol. The zero-order valence-electron chi connectivity index (χ0n) is 10.6. The number of anilines is 1. The number of hydrogen-bond donors (Lipinski definition) is 1. The molecule has 1 fully saturated rings. The summed E-state index contributed by atoms with van der Waals surface area (Å²) in [6, 6.07) is 0.0102. The first-order chi connectivity index (χ1) is 8.58. The Hall–Kier alpha value is -1.30. The topological polar surface area (TPSA) is 66.3 Å². The molecule has 98 valence electrons. The van der Waals surface area contributed by atoms with Crippen LogP contribution in [0.25, 0.3) is 0 Å². The number of carboxylic acids is 1. The van der Waals surface area contributed by atoms with E-state index in [2.05, 4.69) is 14.9 Å². The standard InChI is InChI=1S/C12H17N3O2S/c1-8-6-13-9(2)12(14-8)15-3-4-18-7-10(15)5-11(16)17/h6,10H,3-5,7H2,1-2H3,(H,16,17). The monoisotopic (exact) mass is 267 g/mol. The van der Waals surface area contributed by atoms with Gasteiger partial charge in [0.2, 0.25) is 0 Å². The molecule has 18 heavy (non-hydrogen) atoms. The predicted octanol–water partition coefficient (Wildman–Crippen LogP) is 1.49. The number of aromatic nitrogens is 2. The first-order valence-electron chi connectivity index (χ1n) is 5.94. The van der Waals surface area contributed by atoms with Gasteiger partial charge in [0.05, 0.1) is 17.8 Å². The molecule has 1 saturated heterocycles. The van der Waals surface area contributed by atoms with Crippen molar-refractivity contribution in [2.24, 2.45) is 0 Å². The molecule has 0 amide bonds. The number of carbonyl (C=O) groups is 1. The Morgan fingerprint density at radius 2 is 2.39 bits per heavy atom. The summed E-state index contributed by atoms with van der Waals surface area (Å²) in [6.45, 7) is 4.66. The Bertz CT molecular complexity index is 453. The lowest BCUT2D eigenvalue weighted by molar-refractivity contribution is -0.137. The van der Waals surface area contributed by atoms with E-state index in [1.54, 1.807) is 18.0 Å². The lowest BCUT2D eigenvalue weighted by atomic mass is 10.2. The van der Waals surface area contributed by atoms with Crippen molar-refractivity contribution in [1.82, 2.24) is 9.97 Å². The number of aliphatic carboxylic acids is 1. The molecule has 1 aliphatic heterocycles. The highest BCUT2D eigenvalue weighted by Gasteiger charge is 2.27. The molecule has 0 aromatic carbocycles. The molecule has 0 saturated carbocycles. The van der Waals surface area contributed by atoms with Gasteiger partial charge >= 0.3 is 5.97 Å². The van der Waals surface area contributed by atoms with Gasteiger partial charge in [0.15, 0.2) is 5.82 Å². The minimum Gasteiger partial charge on any atom is -0.481 e. The Morgan fingerprint density at radius 3 is 3.11 bits per heavy atom. The maximum atomic E-state index is 10.9. The van der Waals surface area contributed by atoms with E-state index >= 15 is 0 Å². The number of aryl methyl sites for hydroxylation is 2. The van der Waals surface area contributed by atoms with Crippen LogP contribution in [0, 0.1) is 13.8 Å². The number of carboxylic acid groups (broad SMARTS) is 1. The van der Waals surface area contributed by atoms with Gasteiger partial charge in [0.25, 0.3) is 0 Å². The van der Waals surface area contributed by atoms with Crippen LogP contribution in [-0.2, 0) is 4.79 Å². The molecule has 0 spiro atoms. The fourth-order valence-corrected chi connectivity index (χ4v) is 3.16. The second-order valence-electron chi connectivity index (χ2n) is 4.44. The van der Waals surface area contributed by atoms with Crippen molar-refractivity contribution >= 4 is 23.5 Å². The summed E-state index contributed by atoms with van der Waals surface area (Å²) in [5.74, 6) is 1.92. The van der Waals surface area contributed by atoms with Crippen molar-refractivity contribution in [2.75, 3.05) is 23.0 Å². The van der Waals surface area contributed by atoms with Crippen molar-refractivity contribution in [3.8, 4) is 0 Å². The van der Waals surface area contributed by atoms with Crippen LogP contribution in [-0.4, -0.2) is 45.1 Å². The van der Waals surface area contributed by atoms with E-state index in [4.69, 9.17) is 5.11 Å². The molecule has 0 radical (unpaired) electrons. The van der Waals surface area contributed by atoms with E-state index in [1.807, 2.05) is 13.8 Å². The Kier molecular flexibility index (Phi) is 4.06. The van der Waals surface area contributed by atoms with Gasteiger partial charge in [-0.2, -0.15) is 11.8 Å². The second-order valence-corrected chi connectivity index (χ2v) is 5.59. The fraction of sp³-hybridized carbons (Fsp3) is 0.583. The SMILES string of the molecule is Cc1cnc(C)c(N2CCSCC2CC(=O)O)n1. The van der Waals surface area contributed by atoms with E-state index in [0.29, 0.717) is 0 Å². The summed E-state index contributed by atoms with van der Waals surface area (Å²) in [4.78, 5) is 21.8. The number of nitrogens with zero attached hydrogens (tertiary/aromatic N) is 3. The maximum absolute atomic E-state index is 10.9. The summed E-state index contributed by atoms with van der Waals surface area (Å²) >= 11 is 1.80. The molecule has 1 aromatic heterocycles. The van der Waals surface area contributed by atoms with Crippen LogP contribution in [0.5, 0.6) is 0 Å². The first-order valence-corrected chi connectivity index (χ1v) is 7.10. The molecule has 1 aliphatic rings. The average Bonchev–Trinajstić information content (AvgIpc) is 2.32. The van der Waals surface area contributed by atoms with Crippen molar-refractivity contribution in [3.05, 3.63) is 17.6 Å². The van der Waals surface area contributed by atoms with E-state index in [9.17, 15) is 4.79 Å². The molecule has 0 aliphatic carbocycles. The highest BCUT2D eigenvalue weighted by atomic mass is 32.2. The van der Waals surface area contributed by atoms with E-state index < -0.39 is 5.97 Å². The number of thioether (sulfide) groups is 1. The molecule has 2 heterocycles. The minimum atomic E-state index is -0.759. The largest absolute Gasteiger partial charge is 0.481 e. The van der Waals surface area contributed by atoms with Gasteiger partial charge in [-0.1, -0.05) is 0 Å². The molecule has 1 atom stereocenters. The summed E-state index contributed by atoms with van der Waals surface area (Å²) in [5, 5.41) is 8.98. The summed E-state index contributed by atoms with van der Waals surface area (Å²) in [6.07, 6.45) is 1.89. The Morgan fingerprint density at radius 1 is 1.61 bits per heavy atom. The summed E-state index contributed by atoms with van der Waals surface area (Å²) in [5.41, 5.74) is 1.73. The fourth-order valence-electron chi connectivity index (χ4n) is 2.10. The molecule has 1 aromatic rings. The van der Waals surface area contributed by atoms with Gasteiger partial charge in [-0.05, 0) is 13.8 Å². The van der Waals surface area contributed by atoms with E-state index in [1.165, 1.54) is 0 Å². The molecule has 0 bridgehead atoms. The predicted molar refractivity (Wildman–Crippen MR) is 72.2 cm³/mol. The van der Waals surface area contributed by atoms with Crippen LogP contribution in [0.4, 0.5) is 5.82 Å². The molecule has 6 heteroatoms. The molecule has 1 N–H and O–H groups in total. The summed E-state index contributed by atoms with van der Waals surface area (Å²) in [7, 11) is 0. The zero-order chi connectivity index (χ0) is 13.1. The van der Waals surface area contributed by atoms with E-state index in [0.717, 1.165) is 35.3 Å². The van der Waals surface area contributed by atoms with Crippen molar-refractivity contribution in [3.63, 3.8) is 0 Å². The van der Waals surface area contributed by atoms with Crippen LogP contribution in [0.15, 0.2) is 6.20 Å². The third kappa shape index (κ3) is 2.93. The minimum absolute atomic E-state index is 0.0102. The van der Waals surface area contributed by atoms with Crippen molar-refractivity contribution in [1.29, 1.82) is 0 Å². The second kappa shape index (κ2) is 5.56. The lowest BCUT2D eigenvalue weighted by Gasteiger charge is -2.36. The third-order valence-corrected chi connectivity index (χ3v) is 4.05. The van der Waals surface area contributed by atoms with Gasteiger partial charge in [-0.15, -0.1) is 0 Å². The zero-order valence-corrected chi connectivity index (χ0v) is 11.4. The lowest BCUT2D eigenvalue weighted by Crippen LogP contribution is -2.44. The average molecular weight is 267 g/mol. The van der Waals surface area contributed by atoms with Crippen LogP contribution in [0.1, 0.15) is 17.8 Å². The number of rotatable bonds is 3. The Balaban J connectivity index is 2.27. The van der Waals surface area contributed by atoms with Gasteiger partial charge in [-0.3, -0.25) is 9.78 Å². The van der Waals surface area contributed by atoms with Crippen molar-refractivity contribution < 1.29 is 9.90 Å². The van der Waals surface area contributed by atoms with Crippen LogP contribution in [0.3, 0.4) is 0 Å². The molecular formula is C12H17N3O2S. The van der Waals surface area contributed by atoms with E-state index in [-0.39, 0.29) is 12.5 Å². The van der Waals surface area contributed by atoms with Gasteiger partial charge in [0.1, 0.15) is 0 Å². The highest BCUT2D eigenvalue weighted by Crippen LogP contribution is 2.26. The first kappa shape index (κ1) is 13.1. The van der Waals surface area contributed by atoms with Gasteiger partial charge in [0, 0.05) is 30.3 Å². The van der Waals surface area contributed by atoms with Crippen LogP contribution in [0.2, 0.25) is 0 Å². The van der Waals surface area contributed by atoms with Crippen molar-refractivity contribution in [2.45, 2.75) is 26.3 Å². The number of hydrogen-bond acceptors (Lipinski definition) is 5. The maximum Gasteiger partial charge on any atom is 0.305 e. The Labute approximate surface area is 111 Å². The quantitative estimate of drug-likeness (QED) is 0.895. The molecule has 1 unspecified atom stereocenters. The smallest absolute Gasteiger partial charge is 0.305 e. The normalized spacial score (nSPS) is 19.9. The molecule has 2 rings (SSSR count). The van der Waals surface area contributed by atoms with Crippen LogP contribution >= 0.6 is 11.8 Å². The third-order valence-electron chi connectivity index (χ3n) is 2.96. The highest BCUT2D eigenvalue weighted by molar-refractivity contribution is 7.99. The van der Waals surface area contributed by atoms with Crippen LogP contribution < -0.4 is 4.90 Å². The van der Waals surface area contributed by atoms with Gasteiger partial charge in [-0.25, -0.2) is 4.98 Å². The van der Waals surface area contributed by atoms with Gasteiger partial charge < -0.3 is 10.0 Å². The molecule has 5 nitrogen and oxygen atoms in total.